The molecule has 4 unspecified atom stereocenters. The minimum Gasteiger partial charge on any atom is -0.496 e. The summed E-state index contributed by atoms with van der Waals surface area (Å²) in [6.07, 6.45) is 4.02. The molecule has 1 aromatic carbocycles. The van der Waals surface area contributed by atoms with Gasteiger partial charge in [-0.25, -0.2) is 0 Å². The van der Waals surface area contributed by atoms with E-state index >= 15 is 0 Å². The maximum Gasteiger partial charge on any atom is 0.243 e. The van der Waals surface area contributed by atoms with Crippen LogP contribution in [0.25, 0.3) is 0 Å². The van der Waals surface area contributed by atoms with Crippen molar-refractivity contribution in [1.82, 2.24) is 16.0 Å². The summed E-state index contributed by atoms with van der Waals surface area (Å²) in [4.78, 5) is 37.8. The third kappa shape index (κ3) is 4.96. The summed E-state index contributed by atoms with van der Waals surface area (Å²) >= 11 is 0. The fourth-order valence-corrected chi connectivity index (χ4v) is 4.47. The second kappa shape index (κ2) is 9.47. The molecule has 2 heterocycles. The molecule has 0 aromatic heterocycles. The maximum absolute atomic E-state index is 13.0. The van der Waals surface area contributed by atoms with E-state index in [1.807, 2.05) is 18.2 Å². The molecule has 1 saturated carbocycles. The molecule has 1 aromatic rings. The zero-order valence-electron chi connectivity index (χ0n) is 18.1. The van der Waals surface area contributed by atoms with Crippen LogP contribution in [0.2, 0.25) is 0 Å². The number of methoxy groups -OCH3 is 1. The third-order valence-corrected chi connectivity index (χ3v) is 6.46. The number of carbonyl (C=O) groups excluding carboxylic acids is 3. The molecule has 32 heavy (non-hydrogen) atoms. The van der Waals surface area contributed by atoms with Crippen LogP contribution in [0, 0.1) is 23.2 Å². The topological polar surface area (TPSA) is 132 Å². The summed E-state index contributed by atoms with van der Waals surface area (Å²) in [6, 6.07) is 5.73. The molecule has 3 aliphatic rings. The summed E-state index contributed by atoms with van der Waals surface area (Å²) in [7, 11) is 1.60. The minimum absolute atomic E-state index is 0.0790. The predicted octanol–water partition coefficient (Wildman–Crippen LogP) is 0.851. The van der Waals surface area contributed by atoms with Crippen molar-refractivity contribution in [3.8, 4) is 11.8 Å². The Bertz CT molecular complexity index is 939. The first-order valence-electron chi connectivity index (χ1n) is 11.2. The van der Waals surface area contributed by atoms with Gasteiger partial charge < -0.3 is 26.0 Å². The van der Waals surface area contributed by atoms with Gasteiger partial charge in [-0.3, -0.25) is 14.4 Å². The molecule has 3 amide bonds. The molecule has 0 bridgehead atoms. The molecule has 9 nitrogen and oxygen atoms in total. The highest BCUT2D eigenvalue weighted by Gasteiger charge is 2.36. The van der Waals surface area contributed by atoms with E-state index in [9.17, 15) is 19.6 Å². The first kappa shape index (κ1) is 21.9. The summed E-state index contributed by atoms with van der Waals surface area (Å²) in [5, 5.41) is 21.1. The summed E-state index contributed by atoms with van der Waals surface area (Å²) < 4.78 is 5.39. The molecule has 4 N–H and O–H groups in total. The third-order valence-electron chi connectivity index (χ3n) is 6.46. The van der Waals surface area contributed by atoms with E-state index in [0.717, 1.165) is 29.8 Å². The average molecular weight is 440 g/mol. The normalized spacial score (nSPS) is 23.2. The van der Waals surface area contributed by atoms with Gasteiger partial charge in [0.15, 0.2) is 0 Å². The Morgan fingerprint density at radius 3 is 2.72 bits per heavy atom. The van der Waals surface area contributed by atoms with E-state index in [-0.39, 0.29) is 30.1 Å². The standard InChI is InChI=1S/C23H29N5O4/c1-32-20-4-2-3-17-16(20)11-19(27-17)23(31)28-18(9-13-5-6-13)22(30)26-15(12-24)10-14-7-8-25-21(14)29/h2-4,13-15,18-19,27H,5-11H2,1H3,(H,25,29)(H,26,30)(H,28,31). The van der Waals surface area contributed by atoms with Crippen molar-refractivity contribution in [2.24, 2.45) is 11.8 Å². The number of anilines is 1. The second-order valence-electron chi connectivity index (χ2n) is 8.83. The highest BCUT2D eigenvalue weighted by Crippen LogP contribution is 2.35. The van der Waals surface area contributed by atoms with Gasteiger partial charge in [0, 0.05) is 30.1 Å². The van der Waals surface area contributed by atoms with Crippen LogP contribution < -0.4 is 26.0 Å². The number of ether oxygens (including phenoxy) is 1. The van der Waals surface area contributed by atoms with Gasteiger partial charge in [-0.2, -0.15) is 5.26 Å². The Balaban J connectivity index is 1.37. The zero-order chi connectivity index (χ0) is 22.7. The van der Waals surface area contributed by atoms with Gasteiger partial charge in [-0.15, -0.1) is 0 Å². The van der Waals surface area contributed by atoms with Gasteiger partial charge in [0.2, 0.25) is 17.7 Å². The molecule has 4 rings (SSSR count). The van der Waals surface area contributed by atoms with Crippen molar-refractivity contribution in [3.05, 3.63) is 23.8 Å². The molecule has 0 spiro atoms. The fourth-order valence-electron chi connectivity index (χ4n) is 4.47. The lowest BCUT2D eigenvalue weighted by atomic mass is 9.98. The number of nitrogens with one attached hydrogen (secondary N) is 4. The number of hydrogen-bond acceptors (Lipinski definition) is 6. The number of hydrogen-bond donors (Lipinski definition) is 4. The molecular weight excluding hydrogens is 410 g/mol. The van der Waals surface area contributed by atoms with Gasteiger partial charge >= 0.3 is 0 Å². The van der Waals surface area contributed by atoms with Crippen molar-refractivity contribution in [2.45, 2.75) is 56.7 Å². The molecule has 2 fully saturated rings. The smallest absolute Gasteiger partial charge is 0.243 e. The zero-order valence-corrected chi connectivity index (χ0v) is 18.1. The predicted molar refractivity (Wildman–Crippen MR) is 117 cm³/mol. The van der Waals surface area contributed by atoms with Crippen LogP contribution in [-0.4, -0.2) is 49.5 Å². The second-order valence-corrected chi connectivity index (χ2v) is 8.83. The van der Waals surface area contributed by atoms with Crippen LogP contribution in [0.5, 0.6) is 5.75 Å². The van der Waals surface area contributed by atoms with Crippen LogP contribution in [0.1, 0.15) is 37.7 Å². The Morgan fingerprint density at radius 2 is 2.06 bits per heavy atom. The Morgan fingerprint density at radius 1 is 1.25 bits per heavy atom. The molecular formula is C23H29N5O4. The van der Waals surface area contributed by atoms with Gasteiger partial charge in [0.25, 0.3) is 0 Å². The number of nitrogens with zero attached hydrogens (tertiary/aromatic N) is 1. The lowest BCUT2D eigenvalue weighted by Crippen LogP contribution is -2.53. The minimum atomic E-state index is -0.770. The lowest BCUT2D eigenvalue weighted by Gasteiger charge is -2.23. The van der Waals surface area contributed by atoms with Crippen molar-refractivity contribution < 1.29 is 19.1 Å². The van der Waals surface area contributed by atoms with Gasteiger partial charge in [0.05, 0.1) is 13.2 Å². The monoisotopic (exact) mass is 439 g/mol. The largest absolute Gasteiger partial charge is 0.496 e. The van der Waals surface area contributed by atoms with Crippen LogP contribution >= 0.6 is 0 Å². The molecule has 2 aliphatic heterocycles. The van der Waals surface area contributed by atoms with Gasteiger partial charge in [0.1, 0.15) is 23.9 Å². The summed E-state index contributed by atoms with van der Waals surface area (Å²) in [6.45, 7) is 0.595. The number of fused-ring (bicyclic) bond motifs is 1. The van der Waals surface area contributed by atoms with Crippen molar-refractivity contribution in [1.29, 1.82) is 5.26 Å². The molecule has 170 valence electrons. The number of rotatable bonds is 9. The molecule has 0 radical (unpaired) electrons. The highest BCUT2D eigenvalue weighted by atomic mass is 16.5. The number of benzene rings is 1. The first-order chi connectivity index (χ1) is 15.5. The SMILES string of the molecule is COc1cccc2c1CC(C(=O)NC(CC1CC1)C(=O)NC(C#N)CC1CCNC1=O)N2. The maximum atomic E-state index is 13.0. The lowest BCUT2D eigenvalue weighted by molar-refractivity contribution is -0.130. The van der Waals surface area contributed by atoms with E-state index in [1.165, 1.54) is 0 Å². The Kier molecular flexibility index (Phi) is 6.49. The van der Waals surface area contributed by atoms with Crippen molar-refractivity contribution in [3.63, 3.8) is 0 Å². The average Bonchev–Trinajstić information content (AvgIpc) is 3.35. The van der Waals surface area contributed by atoms with E-state index in [1.54, 1.807) is 7.11 Å². The van der Waals surface area contributed by atoms with Crippen molar-refractivity contribution >= 4 is 23.4 Å². The van der Waals surface area contributed by atoms with Crippen molar-refractivity contribution in [2.75, 3.05) is 19.0 Å². The van der Waals surface area contributed by atoms with E-state index in [2.05, 4.69) is 27.3 Å². The summed E-state index contributed by atoms with van der Waals surface area (Å²) in [5.41, 5.74) is 1.80. The first-order valence-corrected chi connectivity index (χ1v) is 11.2. The van der Waals surface area contributed by atoms with Gasteiger partial charge in [-0.05, 0) is 37.3 Å². The van der Waals surface area contributed by atoms with E-state index in [4.69, 9.17) is 4.74 Å². The molecule has 4 atom stereocenters. The van der Waals surface area contributed by atoms with Crippen LogP contribution in [0.15, 0.2) is 18.2 Å². The molecule has 1 saturated heterocycles. The molecule has 1 aliphatic carbocycles. The van der Waals surface area contributed by atoms with Crippen LogP contribution in [-0.2, 0) is 20.8 Å². The Labute approximate surface area is 187 Å². The van der Waals surface area contributed by atoms with Crippen LogP contribution in [0.3, 0.4) is 0 Å². The number of nitriles is 1. The molecule has 9 heteroatoms. The van der Waals surface area contributed by atoms with E-state index < -0.39 is 18.1 Å². The number of carbonyl (C=O) groups is 3. The van der Waals surface area contributed by atoms with Gasteiger partial charge in [-0.1, -0.05) is 18.9 Å². The Hall–Kier alpha value is -3.28. The highest BCUT2D eigenvalue weighted by molar-refractivity contribution is 5.93. The number of amides is 3. The quantitative estimate of drug-likeness (QED) is 0.451. The van der Waals surface area contributed by atoms with Crippen LogP contribution in [0.4, 0.5) is 5.69 Å². The summed E-state index contributed by atoms with van der Waals surface area (Å²) in [5.74, 6) is 0.152. The van der Waals surface area contributed by atoms with E-state index in [0.29, 0.717) is 31.7 Å². The fraction of sp³-hybridized carbons (Fsp3) is 0.565.